The Morgan fingerprint density at radius 1 is 1.17 bits per heavy atom. The number of hydrogen-bond acceptors (Lipinski definition) is 6. The average Bonchev–Trinajstić information content (AvgIpc) is 2.54. The number of carboxylic acid groups (broad SMARTS) is 1. The van der Waals surface area contributed by atoms with E-state index in [2.05, 4.69) is 9.97 Å². The minimum atomic E-state index is -3.99. The van der Waals surface area contributed by atoms with E-state index in [0.717, 1.165) is 4.31 Å². The number of aliphatic carboxylic acids is 1. The van der Waals surface area contributed by atoms with Crippen molar-refractivity contribution in [1.82, 2.24) is 14.3 Å². The van der Waals surface area contributed by atoms with Crippen LogP contribution in [0.3, 0.4) is 0 Å². The first kappa shape index (κ1) is 15.4. The number of benzene rings is 1. The lowest BCUT2D eigenvalue weighted by atomic mass is 10.1. The van der Waals surface area contributed by atoms with Gasteiger partial charge in [0.25, 0.3) is 0 Å². The summed E-state index contributed by atoms with van der Waals surface area (Å²) in [7, 11) is -3.99. The summed E-state index contributed by atoms with van der Waals surface area (Å²) >= 11 is 0. The second-order valence-corrected chi connectivity index (χ2v) is 7.02. The zero-order valence-corrected chi connectivity index (χ0v) is 12.8. The van der Waals surface area contributed by atoms with E-state index >= 15 is 0 Å². The van der Waals surface area contributed by atoms with Gasteiger partial charge in [-0.3, -0.25) is 14.8 Å². The lowest BCUT2D eigenvalue weighted by Gasteiger charge is -2.32. The van der Waals surface area contributed by atoms with Crippen LogP contribution in [0.4, 0.5) is 5.69 Å². The fraction of sp³-hybridized carbons (Fsp3) is 0.214. The van der Waals surface area contributed by atoms with E-state index in [0.29, 0.717) is 17.1 Å². The summed E-state index contributed by atoms with van der Waals surface area (Å²) in [5.74, 6) is -1.22. The zero-order chi connectivity index (χ0) is 16.6. The molecule has 0 radical (unpaired) electrons. The summed E-state index contributed by atoms with van der Waals surface area (Å²) in [4.78, 5) is 19.7. The molecular formula is C14H14N4O4S. The van der Waals surface area contributed by atoms with Gasteiger partial charge in [-0.1, -0.05) is 0 Å². The second-order valence-electron chi connectivity index (χ2n) is 5.13. The van der Waals surface area contributed by atoms with E-state index in [1.165, 1.54) is 36.7 Å². The van der Waals surface area contributed by atoms with Gasteiger partial charge in [-0.2, -0.15) is 4.31 Å². The predicted octanol–water partition coefficient (Wildman–Crippen LogP) is 0.259. The van der Waals surface area contributed by atoms with Crippen LogP contribution in [0.5, 0.6) is 0 Å². The third-order valence-corrected chi connectivity index (χ3v) is 5.54. The predicted molar refractivity (Wildman–Crippen MR) is 80.7 cm³/mol. The Balaban J connectivity index is 2.05. The average molecular weight is 334 g/mol. The molecule has 1 aliphatic rings. The quantitative estimate of drug-likeness (QED) is 0.771. The minimum absolute atomic E-state index is 0.00899. The molecule has 0 spiro atoms. The fourth-order valence-electron chi connectivity index (χ4n) is 2.48. The summed E-state index contributed by atoms with van der Waals surface area (Å²) in [5, 5.41) is 9.41. The number of fused-ring (bicyclic) bond motifs is 1. The number of nitrogens with two attached hydrogens (primary N) is 1. The largest absolute Gasteiger partial charge is 0.480 e. The first-order valence-corrected chi connectivity index (χ1v) is 8.22. The highest BCUT2D eigenvalue weighted by Gasteiger charge is 2.40. The summed E-state index contributed by atoms with van der Waals surface area (Å²) in [6.07, 6.45) is 2.89. The molecular weight excluding hydrogens is 320 g/mol. The normalized spacial score (nSPS) is 18.3. The zero-order valence-electron chi connectivity index (χ0n) is 12.0. The van der Waals surface area contributed by atoms with E-state index in [-0.39, 0.29) is 17.9 Å². The number of rotatable bonds is 3. The molecule has 0 amide bonds. The van der Waals surface area contributed by atoms with Gasteiger partial charge in [-0.25, -0.2) is 8.42 Å². The first-order chi connectivity index (χ1) is 10.9. The SMILES string of the molecule is Nc1ccc(S(=O)(=O)N2Cc3nccnc3C[C@@H]2C(=O)O)cc1. The Labute approximate surface area is 132 Å². The van der Waals surface area contributed by atoms with Crippen molar-refractivity contribution in [2.75, 3.05) is 5.73 Å². The van der Waals surface area contributed by atoms with Crippen LogP contribution < -0.4 is 5.73 Å². The van der Waals surface area contributed by atoms with Crippen molar-refractivity contribution in [3.05, 3.63) is 48.0 Å². The van der Waals surface area contributed by atoms with Crippen molar-refractivity contribution in [2.24, 2.45) is 0 Å². The number of nitrogens with zero attached hydrogens (tertiary/aromatic N) is 3. The molecule has 0 saturated heterocycles. The van der Waals surface area contributed by atoms with E-state index < -0.39 is 22.0 Å². The molecule has 23 heavy (non-hydrogen) atoms. The number of carboxylic acids is 1. The smallest absolute Gasteiger partial charge is 0.322 e. The second kappa shape index (κ2) is 5.60. The Morgan fingerprint density at radius 3 is 2.39 bits per heavy atom. The third-order valence-electron chi connectivity index (χ3n) is 3.67. The lowest BCUT2D eigenvalue weighted by molar-refractivity contribution is -0.141. The Hall–Kier alpha value is -2.52. The van der Waals surface area contributed by atoms with E-state index in [1.807, 2.05) is 0 Å². The first-order valence-electron chi connectivity index (χ1n) is 6.78. The number of aromatic nitrogens is 2. The van der Waals surface area contributed by atoms with Crippen LogP contribution in [0.2, 0.25) is 0 Å². The fourth-order valence-corrected chi connectivity index (χ4v) is 4.02. The van der Waals surface area contributed by atoms with Gasteiger partial charge in [0.05, 0.1) is 22.8 Å². The molecule has 1 aromatic heterocycles. The molecule has 0 aliphatic carbocycles. The Bertz CT molecular complexity index is 851. The van der Waals surface area contributed by atoms with Gasteiger partial charge in [0.15, 0.2) is 0 Å². The highest BCUT2D eigenvalue weighted by atomic mass is 32.2. The van der Waals surface area contributed by atoms with Gasteiger partial charge in [0, 0.05) is 24.5 Å². The van der Waals surface area contributed by atoms with Crippen LogP contribution in [-0.2, 0) is 27.8 Å². The molecule has 3 N–H and O–H groups in total. The summed E-state index contributed by atoms with van der Waals surface area (Å²) < 4.78 is 26.5. The van der Waals surface area contributed by atoms with Gasteiger partial charge in [-0.15, -0.1) is 0 Å². The van der Waals surface area contributed by atoms with E-state index in [9.17, 15) is 18.3 Å². The van der Waals surface area contributed by atoms with Crippen molar-refractivity contribution in [3.63, 3.8) is 0 Å². The van der Waals surface area contributed by atoms with Gasteiger partial charge in [-0.05, 0) is 24.3 Å². The van der Waals surface area contributed by atoms with Crippen molar-refractivity contribution in [3.8, 4) is 0 Å². The molecule has 1 aromatic carbocycles. The monoisotopic (exact) mass is 334 g/mol. The van der Waals surface area contributed by atoms with Gasteiger partial charge in [0.1, 0.15) is 6.04 Å². The molecule has 0 unspecified atom stereocenters. The molecule has 0 saturated carbocycles. The highest BCUT2D eigenvalue weighted by Crippen LogP contribution is 2.27. The van der Waals surface area contributed by atoms with Crippen LogP contribution in [0, 0.1) is 0 Å². The van der Waals surface area contributed by atoms with Crippen LogP contribution in [0.15, 0.2) is 41.6 Å². The molecule has 8 nitrogen and oxygen atoms in total. The van der Waals surface area contributed by atoms with Gasteiger partial charge < -0.3 is 10.8 Å². The number of sulfonamides is 1. The topological polar surface area (TPSA) is 126 Å². The molecule has 2 aromatic rings. The molecule has 2 heterocycles. The van der Waals surface area contributed by atoms with E-state index in [1.54, 1.807) is 0 Å². The van der Waals surface area contributed by atoms with E-state index in [4.69, 9.17) is 5.73 Å². The molecule has 3 rings (SSSR count). The van der Waals surface area contributed by atoms with Gasteiger partial charge >= 0.3 is 5.97 Å². The van der Waals surface area contributed by atoms with Crippen molar-refractivity contribution < 1.29 is 18.3 Å². The number of hydrogen-bond donors (Lipinski definition) is 2. The van der Waals surface area contributed by atoms with Crippen molar-refractivity contribution in [2.45, 2.75) is 23.9 Å². The third kappa shape index (κ3) is 2.76. The van der Waals surface area contributed by atoms with Crippen molar-refractivity contribution in [1.29, 1.82) is 0 Å². The summed E-state index contributed by atoms with van der Waals surface area (Å²) in [6, 6.07) is 4.41. The van der Waals surface area contributed by atoms with Gasteiger partial charge in [0.2, 0.25) is 10.0 Å². The molecule has 1 aliphatic heterocycles. The molecule has 120 valence electrons. The van der Waals surface area contributed by atoms with Crippen LogP contribution in [0.1, 0.15) is 11.4 Å². The molecule has 0 bridgehead atoms. The maximum atomic E-state index is 12.8. The molecule has 0 fully saturated rings. The Kier molecular flexibility index (Phi) is 3.74. The maximum absolute atomic E-state index is 12.8. The highest BCUT2D eigenvalue weighted by molar-refractivity contribution is 7.89. The molecule has 9 heteroatoms. The lowest BCUT2D eigenvalue weighted by Crippen LogP contribution is -2.49. The van der Waals surface area contributed by atoms with Crippen LogP contribution in [-0.4, -0.2) is 39.8 Å². The minimum Gasteiger partial charge on any atom is -0.480 e. The van der Waals surface area contributed by atoms with Crippen LogP contribution in [0.25, 0.3) is 0 Å². The number of anilines is 1. The standard InChI is InChI=1S/C14H14N4O4S/c15-9-1-3-10(4-2-9)23(21,22)18-8-12-11(16-5-6-17-12)7-13(18)14(19)20/h1-6,13H,7-8,15H2,(H,19,20)/t13-/m1/s1. The van der Waals surface area contributed by atoms with Crippen LogP contribution >= 0.6 is 0 Å². The Morgan fingerprint density at radius 2 is 1.78 bits per heavy atom. The molecule has 1 atom stereocenters. The summed E-state index contributed by atoms with van der Waals surface area (Å²) in [6.45, 7) is -0.132. The number of carbonyl (C=O) groups is 1. The summed E-state index contributed by atoms with van der Waals surface area (Å²) in [5.41, 5.74) is 6.96. The number of nitrogen functional groups attached to an aromatic ring is 1. The maximum Gasteiger partial charge on any atom is 0.322 e. The van der Waals surface area contributed by atoms with Crippen molar-refractivity contribution >= 4 is 21.7 Å².